The van der Waals surface area contributed by atoms with Gasteiger partial charge in [-0.1, -0.05) is 6.92 Å². The number of nitrogens with zero attached hydrogens (tertiary/aromatic N) is 1. The lowest BCUT2D eigenvalue weighted by atomic mass is 10.2. The maximum absolute atomic E-state index is 11.5. The Bertz CT molecular complexity index is 504. The number of aryl methyl sites for hydroxylation is 1. The normalized spacial score (nSPS) is 11.8. The van der Waals surface area contributed by atoms with E-state index in [0.29, 0.717) is 30.9 Å². The fourth-order valence-corrected chi connectivity index (χ4v) is 1.91. The van der Waals surface area contributed by atoms with Crippen molar-refractivity contribution in [2.24, 2.45) is 0 Å². The Labute approximate surface area is 123 Å². The van der Waals surface area contributed by atoms with Crippen molar-refractivity contribution in [2.45, 2.75) is 26.3 Å². The van der Waals surface area contributed by atoms with Crippen LogP contribution in [0.15, 0.2) is 18.2 Å². The Hall–Kier alpha value is -2.15. The summed E-state index contributed by atoms with van der Waals surface area (Å²) < 4.78 is 10.2. The van der Waals surface area contributed by atoms with Crippen LogP contribution in [0.2, 0.25) is 0 Å². The Morgan fingerprint density at radius 2 is 2.19 bits per heavy atom. The average Bonchev–Trinajstić information content (AvgIpc) is 2.45. The van der Waals surface area contributed by atoms with Crippen LogP contribution in [-0.2, 0) is 9.53 Å². The molecule has 1 unspecified atom stereocenters. The van der Waals surface area contributed by atoms with Gasteiger partial charge in [-0.2, -0.15) is 0 Å². The minimum atomic E-state index is -0.433. The molecule has 1 N–H and O–H groups in total. The average molecular weight is 296 g/mol. The maximum Gasteiger partial charge on any atom is 0.322 e. The van der Waals surface area contributed by atoms with Crippen LogP contribution in [0.4, 0.5) is 5.69 Å². The van der Waals surface area contributed by atoms with Crippen LogP contribution >= 0.6 is 0 Å². The molecule has 0 radical (unpaired) electrons. The van der Waals surface area contributed by atoms with Crippen molar-refractivity contribution >= 4 is 11.7 Å². The lowest BCUT2D eigenvalue weighted by Crippen LogP contribution is -2.38. The third-order valence-corrected chi connectivity index (χ3v) is 2.98. The van der Waals surface area contributed by atoms with Crippen LogP contribution in [0.25, 0.3) is 0 Å². The summed E-state index contributed by atoms with van der Waals surface area (Å²) >= 11 is 0. The molecule has 0 heterocycles. The number of nitro benzene ring substituents is 1. The molecular weight excluding hydrogens is 276 g/mol. The summed E-state index contributed by atoms with van der Waals surface area (Å²) in [5, 5.41) is 13.7. The number of hydrogen-bond donors (Lipinski definition) is 1. The van der Waals surface area contributed by atoms with Crippen LogP contribution in [-0.4, -0.2) is 37.2 Å². The highest BCUT2D eigenvalue weighted by Crippen LogP contribution is 2.23. The van der Waals surface area contributed by atoms with Crippen LogP contribution in [0.1, 0.15) is 18.9 Å². The van der Waals surface area contributed by atoms with Gasteiger partial charge in [0.25, 0.3) is 5.69 Å². The van der Waals surface area contributed by atoms with Crippen molar-refractivity contribution in [2.75, 3.05) is 20.3 Å². The van der Waals surface area contributed by atoms with E-state index in [9.17, 15) is 14.9 Å². The van der Waals surface area contributed by atoms with Gasteiger partial charge in [-0.05, 0) is 25.6 Å². The van der Waals surface area contributed by atoms with Gasteiger partial charge in [0.15, 0.2) is 0 Å². The van der Waals surface area contributed by atoms with E-state index in [1.165, 1.54) is 13.2 Å². The topological polar surface area (TPSA) is 90.7 Å². The molecule has 1 aromatic rings. The van der Waals surface area contributed by atoms with Crippen molar-refractivity contribution < 1.29 is 19.2 Å². The molecule has 0 aliphatic carbocycles. The minimum absolute atomic E-state index is 0.0578. The number of nitrogens with one attached hydrogen (secondary N) is 1. The molecule has 116 valence electrons. The first kappa shape index (κ1) is 16.9. The Morgan fingerprint density at radius 1 is 1.48 bits per heavy atom. The summed E-state index contributed by atoms with van der Waals surface area (Å²) in [7, 11) is 1.34. The van der Waals surface area contributed by atoms with Crippen LogP contribution < -0.4 is 10.1 Å². The first-order valence-corrected chi connectivity index (χ1v) is 6.68. The Balaban J connectivity index is 2.57. The van der Waals surface area contributed by atoms with Gasteiger partial charge in [-0.3, -0.25) is 14.9 Å². The van der Waals surface area contributed by atoms with E-state index in [2.05, 4.69) is 5.32 Å². The number of likely N-dealkylation sites (N-methyl/N-ethyl adjacent to an activating group) is 1. The largest absolute Gasteiger partial charge is 0.494 e. The van der Waals surface area contributed by atoms with Gasteiger partial charge in [0.05, 0.1) is 18.6 Å². The smallest absolute Gasteiger partial charge is 0.322 e. The zero-order valence-corrected chi connectivity index (χ0v) is 12.4. The number of hydrogen-bond acceptors (Lipinski definition) is 6. The summed E-state index contributed by atoms with van der Waals surface area (Å²) in [6.07, 6.45) is 0.455. The first-order valence-electron chi connectivity index (χ1n) is 6.68. The van der Waals surface area contributed by atoms with Crippen LogP contribution in [0.5, 0.6) is 5.75 Å². The molecule has 0 saturated heterocycles. The van der Waals surface area contributed by atoms with E-state index < -0.39 is 11.0 Å². The van der Waals surface area contributed by atoms with Crippen molar-refractivity contribution in [1.82, 2.24) is 5.32 Å². The molecule has 7 nitrogen and oxygen atoms in total. The number of rotatable bonds is 8. The summed E-state index contributed by atoms with van der Waals surface area (Å²) in [6, 6.07) is 4.15. The predicted octanol–water partition coefficient (Wildman–Crippen LogP) is 1.82. The fourth-order valence-electron chi connectivity index (χ4n) is 1.91. The van der Waals surface area contributed by atoms with Gasteiger partial charge in [-0.15, -0.1) is 0 Å². The summed E-state index contributed by atoms with van der Waals surface area (Å²) in [6.45, 7) is 4.51. The standard InChI is InChI=1S/C14H20N2O5/c1-4-15-12(14(17)20-3)7-8-21-11-5-6-13(16(18)19)10(2)9-11/h5-6,9,12,15H,4,7-8H2,1-3H3. The predicted molar refractivity (Wildman–Crippen MR) is 77.4 cm³/mol. The monoisotopic (exact) mass is 296 g/mol. The lowest BCUT2D eigenvalue weighted by molar-refractivity contribution is -0.385. The highest BCUT2D eigenvalue weighted by molar-refractivity contribution is 5.75. The van der Waals surface area contributed by atoms with E-state index in [-0.39, 0.29) is 11.7 Å². The van der Waals surface area contributed by atoms with Crippen LogP contribution in [0.3, 0.4) is 0 Å². The number of ether oxygens (including phenoxy) is 2. The van der Waals surface area contributed by atoms with Crippen molar-refractivity contribution in [1.29, 1.82) is 0 Å². The number of carbonyl (C=O) groups is 1. The number of benzene rings is 1. The zero-order chi connectivity index (χ0) is 15.8. The molecule has 1 aromatic carbocycles. The van der Waals surface area contributed by atoms with Crippen molar-refractivity contribution in [3.8, 4) is 5.75 Å². The SMILES string of the molecule is CCNC(CCOc1ccc([N+](=O)[O-])c(C)c1)C(=O)OC. The molecule has 1 atom stereocenters. The molecule has 7 heteroatoms. The fraction of sp³-hybridized carbons (Fsp3) is 0.500. The molecule has 0 saturated carbocycles. The number of nitro groups is 1. The second kappa shape index (κ2) is 8.21. The molecular formula is C14H20N2O5. The molecule has 0 aliphatic rings. The second-order valence-corrected chi connectivity index (χ2v) is 4.48. The molecule has 0 aromatic heterocycles. The summed E-state index contributed by atoms with van der Waals surface area (Å²) in [5.41, 5.74) is 0.594. The summed E-state index contributed by atoms with van der Waals surface area (Å²) in [4.78, 5) is 21.8. The first-order chi connectivity index (χ1) is 9.99. The van der Waals surface area contributed by atoms with E-state index in [1.54, 1.807) is 19.1 Å². The minimum Gasteiger partial charge on any atom is -0.494 e. The Kier molecular flexibility index (Phi) is 6.61. The quantitative estimate of drug-likeness (QED) is 0.447. The number of methoxy groups -OCH3 is 1. The van der Waals surface area contributed by atoms with E-state index in [0.717, 1.165) is 0 Å². The van der Waals surface area contributed by atoms with E-state index >= 15 is 0 Å². The Morgan fingerprint density at radius 3 is 2.71 bits per heavy atom. The molecule has 0 aliphatic heterocycles. The molecule has 0 spiro atoms. The van der Waals surface area contributed by atoms with Gasteiger partial charge in [-0.25, -0.2) is 0 Å². The highest BCUT2D eigenvalue weighted by Gasteiger charge is 2.18. The lowest BCUT2D eigenvalue weighted by Gasteiger charge is -2.15. The maximum atomic E-state index is 11.5. The third-order valence-electron chi connectivity index (χ3n) is 2.98. The van der Waals surface area contributed by atoms with Gasteiger partial charge in [0.1, 0.15) is 11.8 Å². The number of esters is 1. The molecule has 1 rings (SSSR count). The van der Waals surface area contributed by atoms with Crippen LogP contribution in [0, 0.1) is 17.0 Å². The van der Waals surface area contributed by atoms with E-state index in [4.69, 9.17) is 9.47 Å². The van der Waals surface area contributed by atoms with Gasteiger partial charge in [0.2, 0.25) is 0 Å². The number of carbonyl (C=O) groups excluding carboxylic acids is 1. The van der Waals surface area contributed by atoms with Crippen molar-refractivity contribution in [3.05, 3.63) is 33.9 Å². The third kappa shape index (κ3) is 5.03. The summed E-state index contributed by atoms with van der Waals surface area (Å²) in [5.74, 6) is 0.207. The molecule has 21 heavy (non-hydrogen) atoms. The van der Waals surface area contributed by atoms with E-state index in [1.807, 2.05) is 6.92 Å². The van der Waals surface area contributed by atoms with Crippen molar-refractivity contribution in [3.63, 3.8) is 0 Å². The molecule has 0 bridgehead atoms. The molecule has 0 fully saturated rings. The zero-order valence-electron chi connectivity index (χ0n) is 12.4. The molecule has 0 amide bonds. The van der Waals surface area contributed by atoms with Gasteiger partial charge >= 0.3 is 5.97 Å². The van der Waals surface area contributed by atoms with Gasteiger partial charge in [0, 0.05) is 18.1 Å². The highest BCUT2D eigenvalue weighted by atomic mass is 16.6. The van der Waals surface area contributed by atoms with Gasteiger partial charge < -0.3 is 14.8 Å². The second-order valence-electron chi connectivity index (χ2n) is 4.48.